The number of aliphatic hydroxyl groups excluding tert-OH is 1. The summed E-state index contributed by atoms with van der Waals surface area (Å²) in [6, 6.07) is 16.7. The zero-order chi connectivity index (χ0) is 23.1. The summed E-state index contributed by atoms with van der Waals surface area (Å²) in [5, 5.41) is 10.7. The monoisotopic (exact) mass is 442 g/mol. The molecule has 2 aliphatic heterocycles. The van der Waals surface area contributed by atoms with Crippen molar-refractivity contribution in [2.75, 3.05) is 31.1 Å². The van der Waals surface area contributed by atoms with Gasteiger partial charge >= 0.3 is 0 Å². The van der Waals surface area contributed by atoms with Crippen molar-refractivity contribution in [3.8, 4) is 5.75 Å². The zero-order valence-corrected chi connectivity index (χ0v) is 18.4. The van der Waals surface area contributed by atoms with Crippen LogP contribution >= 0.6 is 0 Å². The molecular weight excluding hydrogens is 420 g/mol. The molecule has 166 valence electrons. The van der Waals surface area contributed by atoms with Crippen molar-refractivity contribution in [3.05, 3.63) is 89.3 Å². The first kappa shape index (κ1) is 20.6. The van der Waals surface area contributed by atoms with Gasteiger partial charge in [-0.05, 0) is 35.9 Å². The number of carbonyl (C=O) groups is 1. The Hall–Kier alpha value is -4.33. The molecule has 8 nitrogen and oxygen atoms in total. The minimum atomic E-state index is -0.701. The number of ether oxygens (including phenoxy) is 2. The number of carbonyl (C=O) groups excluding carboxylic acids is 1. The van der Waals surface area contributed by atoms with Crippen LogP contribution in [0.1, 0.15) is 22.9 Å². The molecule has 0 bridgehead atoms. The quantitative estimate of drug-likeness (QED) is 0.484. The number of rotatable bonds is 4. The first-order valence-electron chi connectivity index (χ1n) is 10.4. The van der Waals surface area contributed by atoms with Crippen molar-refractivity contribution in [1.29, 1.82) is 0 Å². The Morgan fingerprint density at radius 3 is 2.42 bits per heavy atom. The van der Waals surface area contributed by atoms with Gasteiger partial charge in [-0.1, -0.05) is 30.3 Å². The molecule has 0 radical (unpaired) electrons. The Bertz CT molecular complexity index is 1290. The van der Waals surface area contributed by atoms with Gasteiger partial charge in [0.25, 0.3) is 11.9 Å². The molecule has 1 unspecified atom stereocenters. The number of likely N-dealkylation sites (N-methyl/N-ethyl adjacent to an activating group) is 1. The Morgan fingerprint density at radius 2 is 1.76 bits per heavy atom. The van der Waals surface area contributed by atoms with E-state index in [1.165, 1.54) is 18.3 Å². The molecule has 0 spiro atoms. The van der Waals surface area contributed by atoms with Gasteiger partial charge in [0.15, 0.2) is 0 Å². The largest absolute Gasteiger partial charge is 0.497 e. The molecule has 8 heteroatoms. The van der Waals surface area contributed by atoms with E-state index in [4.69, 9.17) is 9.47 Å². The third-order valence-corrected chi connectivity index (χ3v) is 5.93. The first-order valence-corrected chi connectivity index (χ1v) is 10.4. The number of benzene rings is 2. The molecule has 1 aromatic heterocycles. The molecule has 0 aliphatic carbocycles. The van der Waals surface area contributed by atoms with Crippen molar-refractivity contribution in [2.45, 2.75) is 6.04 Å². The second-order valence-electron chi connectivity index (χ2n) is 7.65. The van der Waals surface area contributed by atoms with Crippen molar-refractivity contribution >= 4 is 29.2 Å². The van der Waals surface area contributed by atoms with Crippen LogP contribution in [0.4, 0.5) is 11.5 Å². The Balaban J connectivity index is 1.84. The molecule has 33 heavy (non-hydrogen) atoms. The maximum Gasteiger partial charge on any atom is 0.287 e. The minimum Gasteiger partial charge on any atom is -0.497 e. The number of aromatic nitrogens is 2. The van der Waals surface area contributed by atoms with Crippen LogP contribution in [0.2, 0.25) is 0 Å². The molecule has 1 atom stereocenters. The maximum atomic E-state index is 13.4. The second kappa shape index (κ2) is 7.98. The maximum absolute atomic E-state index is 13.4. The summed E-state index contributed by atoms with van der Waals surface area (Å²) >= 11 is 0. The highest BCUT2D eigenvalue weighted by Gasteiger charge is 2.46. The number of amides is 1. The van der Waals surface area contributed by atoms with Gasteiger partial charge in [-0.25, -0.2) is 9.97 Å². The van der Waals surface area contributed by atoms with Gasteiger partial charge in [0.1, 0.15) is 29.5 Å². The predicted octanol–water partition coefficient (Wildman–Crippen LogP) is 3.94. The number of aliphatic hydroxyl groups is 1. The molecule has 0 saturated carbocycles. The van der Waals surface area contributed by atoms with Crippen LogP contribution in [0.3, 0.4) is 0 Å². The fourth-order valence-corrected chi connectivity index (χ4v) is 4.36. The average Bonchev–Trinajstić information content (AvgIpc) is 2.87. The van der Waals surface area contributed by atoms with Crippen molar-refractivity contribution in [1.82, 2.24) is 9.97 Å². The lowest BCUT2D eigenvalue weighted by atomic mass is 9.86. The summed E-state index contributed by atoms with van der Waals surface area (Å²) in [6.07, 6.45) is 3.42. The van der Waals surface area contributed by atoms with E-state index in [1.54, 1.807) is 14.2 Å². The third-order valence-electron chi connectivity index (χ3n) is 5.93. The van der Waals surface area contributed by atoms with E-state index in [0.717, 1.165) is 16.9 Å². The molecule has 3 aromatic rings. The second-order valence-corrected chi connectivity index (χ2v) is 7.65. The van der Waals surface area contributed by atoms with E-state index in [0.29, 0.717) is 22.8 Å². The van der Waals surface area contributed by atoms with Gasteiger partial charge in [-0.3, -0.25) is 9.69 Å². The predicted molar refractivity (Wildman–Crippen MR) is 125 cm³/mol. The number of hydrogen-bond acceptors (Lipinski definition) is 7. The number of nitrogens with zero attached hydrogens (tertiary/aromatic N) is 4. The van der Waals surface area contributed by atoms with Gasteiger partial charge in [0.2, 0.25) is 0 Å². The number of methoxy groups -OCH3 is 2. The van der Waals surface area contributed by atoms with Gasteiger partial charge in [0, 0.05) is 18.3 Å². The standard InChI is InChI=1S/C25H22N4O4/c1-28-23-20-18(26-14-27-23)13-19(15-7-5-4-6-8-15)29(16-9-11-17(32-2)12-10-16)22(20)21(24(28)30)25(31)33-3/h4-14,22,31H,1-3H3/b25-21-. The molecule has 1 N–H and O–H groups in total. The molecule has 3 heterocycles. The lowest BCUT2D eigenvalue weighted by molar-refractivity contribution is -0.116. The summed E-state index contributed by atoms with van der Waals surface area (Å²) in [5.41, 5.74) is 4.06. The van der Waals surface area contributed by atoms with Crippen molar-refractivity contribution in [3.63, 3.8) is 0 Å². The van der Waals surface area contributed by atoms with Crippen LogP contribution < -0.4 is 14.5 Å². The Kier molecular flexibility index (Phi) is 4.97. The lowest BCUT2D eigenvalue weighted by Crippen LogP contribution is -2.45. The van der Waals surface area contributed by atoms with Crippen LogP contribution in [-0.2, 0) is 9.53 Å². The van der Waals surface area contributed by atoms with Crippen LogP contribution in [0, 0.1) is 0 Å². The molecule has 2 aliphatic rings. The summed E-state index contributed by atoms with van der Waals surface area (Å²) in [4.78, 5) is 25.7. The Labute approximate surface area is 191 Å². The van der Waals surface area contributed by atoms with Crippen molar-refractivity contribution in [2.24, 2.45) is 0 Å². The van der Waals surface area contributed by atoms with Gasteiger partial charge in [-0.2, -0.15) is 0 Å². The number of hydrogen-bond donors (Lipinski definition) is 1. The van der Waals surface area contributed by atoms with Gasteiger partial charge in [0.05, 0.1) is 25.6 Å². The fourth-order valence-electron chi connectivity index (χ4n) is 4.36. The molecule has 0 saturated heterocycles. The average molecular weight is 442 g/mol. The molecule has 2 aromatic carbocycles. The summed E-state index contributed by atoms with van der Waals surface area (Å²) in [7, 11) is 4.57. The third kappa shape index (κ3) is 3.18. The van der Waals surface area contributed by atoms with E-state index in [2.05, 4.69) is 9.97 Å². The van der Waals surface area contributed by atoms with E-state index in [-0.39, 0.29) is 5.57 Å². The summed E-state index contributed by atoms with van der Waals surface area (Å²) in [5.74, 6) is 0.361. The van der Waals surface area contributed by atoms with Crippen LogP contribution in [0.25, 0.3) is 11.8 Å². The van der Waals surface area contributed by atoms with Crippen molar-refractivity contribution < 1.29 is 19.4 Å². The highest BCUT2D eigenvalue weighted by Crippen LogP contribution is 2.50. The van der Waals surface area contributed by atoms with E-state index in [9.17, 15) is 9.90 Å². The summed E-state index contributed by atoms with van der Waals surface area (Å²) in [6.45, 7) is 0. The van der Waals surface area contributed by atoms with E-state index < -0.39 is 17.9 Å². The normalized spacial score (nSPS) is 18.5. The van der Waals surface area contributed by atoms with E-state index in [1.807, 2.05) is 65.6 Å². The lowest BCUT2D eigenvalue weighted by Gasteiger charge is -2.44. The molecule has 0 fully saturated rings. The minimum absolute atomic E-state index is 0.112. The van der Waals surface area contributed by atoms with E-state index >= 15 is 0 Å². The number of anilines is 2. The highest BCUT2D eigenvalue weighted by atomic mass is 16.6. The smallest absolute Gasteiger partial charge is 0.287 e. The molecule has 1 amide bonds. The Morgan fingerprint density at radius 1 is 1.03 bits per heavy atom. The SMILES string of the molecule is CO/C(O)=C1\C(=O)N(C)c2ncnc3c2C1N(c1ccc(OC)cc1)C(c1ccccc1)=C3. The van der Waals surface area contributed by atoms with Gasteiger partial charge in [-0.15, -0.1) is 0 Å². The summed E-state index contributed by atoms with van der Waals surface area (Å²) < 4.78 is 10.5. The first-order chi connectivity index (χ1) is 16.0. The van der Waals surface area contributed by atoms with Crippen LogP contribution in [0.5, 0.6) is 5.75 Å². The van der Waals surface area contributed by atoms with Crippen LogP contribution in [0.15, 0.2) is 72.4 Å². The van der Waals surface area contributed by atoms with Gasteiger partial charge < -0.3 is 19.5 Å². The zero-order valence-electron chi connectivity index (χ0n) is 18.4. The molecule has 5 rings (SSSR count). The molecular formula is C25H22N4O4. The van der Waals surface area contributed by atoms with Crippen LogP contribution in [-0.4, -0.2) is 42.2 Å². The topological polar surface area (TPSA) is 88.0 Å². The highest BCUT2D eigenvalue weighted by molar-refractivity contribution is 6.12. The fraction of sp³-hybridized carbons (Fsp3) is 0.160.